The van der Waals surface area contributed by atoms with Crippen molar-refractivity contribution >= 4 is 5.91 Å². The Hall–Kier alpha value is -1.39. The number of aromatic nitrogens is 2. The molecule has 15 heavy (non-hydrogen) atoms. The van der Waals surface area contributed by atoms with Gasteiger partial charge in [-0.25, -0.2) is 0 Å². The van der Waals surface area contributed by atoms with E-state index in [1.165, 1.54) is 0 Å². The van der Waals surface area contributed by atoms with E-state index in [1.807, 2.05) is 4.90 Å². The van der Waals surface area contributed by atoms with E-state index in [2.05, 4.69) is 10.1 Å². The standard InChI is InChI=1S/C10H15N3O2/c1-7-11-10(12-15-7)9-4-3-5-13(6-9)8(2)14/h9H,3-6H2,1-2H3/t9-/m1/s1. The molecule has 0 aliphatic carbocycles. The fraction of sp³-hybridized carbons (Fsp3) is 0.700. The molecule has 1 amide bonds. The Kier molecular flexibility index (Phi) is 2.70. The van der Waals surface area contributed by atoms with Crippen molar-refractivity contribution in [2.24, 2.45) is 0 Å². The highest BCUT2D eigenvalue weighted by Crippen LogP contribution is 2.24. The Balaban J connectivity index is 2.07. The first kappa shape index (κ1) is 10.1. The molecule has 1 aromatic rings. The molecule has 0 saturated carbocycles. The second-order valence-corrected chi connectivity index (χ2v) is 3.98. The summed E-state index contributed by atoms with van der Waals surface area (Å²) < 4.78 is 4.95. The Morgan fingerprint density at radius 1 is 1.60 bits per heavy atom. The number of rotatable bonds is 1. The Morgan fingerprint density at radius 3 is 3.00 bits per heavy atom. The van der Waals surface area contributed by atoms with Crippen LogP contribution in [-0.2, 0) is 4.79 Å². The first-order valence-corrected chi connectivity index (χ1v) is 5.22. The van der Waals surface area contributed by atoms with Gasteiger partial charge in [0.15, 0.2) is 5.82 Å². The van der Waals surface area contributed by atoms with Gasteiger partial charge in [0, 0.05) is 32.9 Å². The number of carbonyl (C=O) groups excluding carboxylic acids is 1. The monoisotopic (exact) mass is 209 g/mol. The molecule has 0 aromatic carbocycles. The van der Waals surface area contributed by atoms with Crippen LogP contribution in [0.2, 0.25) is 0 Å². The van der Waals surface area contributed by atoms with Crippen molar-refractivity contribution in [3.63, 3.8) is 0 Å². The summed E-state index contributed by atoms with van der Waals surface area (Å²) >= 11 is 0. The highest BCUT2D eigenvalue weighted by molar-refractivity contribution is 5.73. The van der Waals surface area contributed by atoms with Crippen LogP contribution in [0.4, 0.5) is 0 Å². The van der Waals surface area contributed by atoms with Crippen LogP contribution in [0.15, 0.2) is 4.52 Å². The van der Waals surface area contributed by atoms with Crippen molar-refractivity contribution in [3.8, 4) is 0 Å². The summed E-state index contributed by atoms with van der Waals surface area (Å²) in [5.74, 6) is 1.68. The van der Waals surface area contributed by atoms with Crippen molar-refractivity contribution in [3.05, 3.63) is 11.7 Å². The molecule has 1 aliphatic heterocycles. The number of aryl methyl sites for hydroxylation is 1. The number of nitrogens with zero attached hydrogens (tertiary/aromatic N) is 3. The second-order valence-electron chi connectivity index (χ2n) is 3.98. The van der Waals surface area contributed by atoms with Gasteiger partial charge in [0.25, 0.3) is 0 Å². The molecular weight excluding hydrogens is 194 g/mol. The molecule has 82 valence electrons. The van der Waals surface area contributed by atoms with Crippen molar-refractivity contribution < 1.29 is 9.32 Å². The summed E-state index contributed by atoms with van der Waals surface area (Å²) in [5.41, 5.74) is 0. The third-order valence-electron chi connectivity index (χ3n) is 2.78. The van der Waals surface area contributed by atoms with E-state index in [-0.39, 0.29) is 11.8 Å². The lowest BCUT2D eigenvalue weighted by Gasteiger charge is -2.30. The summed E-state index contributed by atoms with van der Waals surface area (Å²) in [6.07, 6.45) is 2.04. The Morgan fingerprint density at radius 2 is 2.40 bits per heavy atom. The van der Waals surface area contributed by atoms with Crippen LogP contribution in [-0.4, -0.2) is 34.0 Å². The normalized spacial score (nSPS) is 21.7. The van der Waals surface area contributed by atoms with Crippen LogP contribution in [0.5, 0.6) is 0 Å². The van der Waals surface area contributed by atoms with E-state index in [0.717, 1.165) is 25.2 Å². The molecule has 1 fully saturated rings. The maximum atomic E-state index is 11.2. The summed E-state index contributed by atoms with van der Waals surface area (Å²) in [4.78, 5) is 17.3. The number of hydrogen-bond acceptors (Lipinski definition) is 4. The van der Waals surface area contributed by atoms with Crippen molar-refractivity contribution in [2.45, 2.75) is 32.6 Å². The molecule has 5 heteroatoms. The Bertz CT molecular complexity index is 361. The number of hydrogen-bond donors (Lipinski definition) is 0. The van der Waals surface area contributed by atoms with Gasteiger partial charge in [-0.1, -0.05) is 5.16 Å². The SMILES string of the molecule is CC(=O)N1CCC[C@@H](c2noc(C)n2)C1. The smallest absolute Gasteiger partial charge is 0.223 e. The summed E-state index contributed by atoms with van der Waals surface area (Å²) in [6.45, 7) is 4.95. The third kappa shape index (κ3) is 2.16. The van der Waals surface area contributed by atoms with Gasteiger partial charge in [-0.2, -0.15) is 4.98 Å². The number of amides is 1. The molecule has 2 rings (SSSR count). The van der Waals surface area contributed by atoms with Gasteiger partial charge in [0.05, 0.1) is 0 Å². The molecule has 0 unspecified atom stereocenters. The second kappa shape index (κ2) is 4.00. The van der Waals surface area contributed by atoms with Crippen LogP contribution in [0.3, 0.4) is 0 Å². The highest BCUT2D eigenvalue weighted by Gasteiger charge is 2.25. The van der Waals surface area contributed by atoms with Crippen LogP contribution < -0.4 is 0 Å². The van der Waals surface area contributed by atoms with Crippen LogP contribution in [0.25, 0.3) is 0 Å². The van der Waals surface area contributed by atoms with Gasteiger partial charge in [-0.05, 0) is 12.8 Å². The summed E-state index contributed by atoms with van der Waals surface area (Å²) in [6, 6.07) is 0. The average Bonchev–Trinajstić information content (AvgIpc) is 2.65. The molecular formula is C10H15N3O2. The van der Waals surface area contributed by atoms with Crippen LogP contribution in [0.1, 0.15) is 37.4 Å². The van der Waals surface area contributed by atoms with Crippen molar-refractivity contribution in [1.29, 1.82) is 0 Å². The van der Waals surface area contributed by atoms with E-state index >= 15 is 0 Å². The average molecular weight is 209 g/mol. The van der Waals surface area contributed by atoms with E-state index in [0.29, 0.717) is 12.4 Å². The number of likely N-dealkylation sites (tertiary alicyclic amines) is 1. The minimum absolute atomic E-state index is 0.125. The van der Waals surface area contributed by atoms with Gasteiger partial charge in [-0.3, -0.25) is 4.79 Å². The largest absolute Gasteiger partial charge is 0.342 e. The minimum atomic E-state index is 0.125. The van der Waals surface area contributed by atoms with Gasteiger partial charge in [-0.15, -0.1) is 0 Å². The molecule has 0 spiro atoms. The molecule has 1 aromatic heterocycles. The maximum Gasteiger partial charge on any atom is 0.223 e. The molecule has 1 saturated heterocycles. The predicted octanol–water partition coefficient (Wildman–Crippen LogP) is 1.10. The zero-order valence-corrected chi connectivity index (χ0v) is 9.06. The van der Waals surface area contributed by atoms with E-state index in [9.17, 15) is 4.79 Å². The molecule has 1 atom stereocenters. The predicted molar refractivity (Wildman–Crippen MR) is 53.3 cm³/mol. The topological polar surface area (TPSA) is 59.2 Å². The molecule has 0 radical (unpaired) electrons. The zero-order chi connectivity index (χ0) is 10.8. The molecule has 0 N–H and O–H groups in total. The van der Waals surface area contributed by atoms with Gasteiger partial charge in [0.1, 0.15) is 0 Å². The fourth-order valence-electron chi connectivity index (χ4n) is 1.95. The molecule has 0 bridgehead atoms. The number of carbonyl (C=O) groups is 1. The summed E-state index contributed by atoms with van der Waals surface area (Å²) in [5, 5.41) is 3.91. The molecule has 2 heterocycles. The third-order valence-corrected chi connectivity index (χ3v) is 2.78. The first-order chi connectivity index (χ1) is 7.16. The summed E-state index contributed by atoms with van der Waals surface area (Å²) in [7, 11) is 0. The highest BCUT2D eigenvalue weighted by atomic mass is 16.5. The van der Waals surface area contributed by atoms with Crippen molar-refractivity contribution in [1.82, 2.24) is 15.0 Å². The molecule has 5 nitrogen and oxygen atoms in total. The zero-order valence-electron chi connectivity index (χ0n) is 9.06. The molecule has 1 aliphatic rings. The van der Waals surface area contributed by atoms with E-state index in [4.69, 9.17) is 4.52 Å². The minimum Gasteiger partial charge on any atom is -0.342 e. The van der Waals surface area contributed by atoms with Gasteiger partial charge in [0.2, 0.25) is 11.8 Å². The van der Waals surface area contributed by atoms with Gasteiger partial charge < -0.3 is 9.42 Å². The van der Waals surface area contributed by atoms with Crippen molar-refractivity contribution in [2.75, 3.05) is 13.1 Å². The lowest BCUT2D eigenvalue weighted by Crippen LogP contribution is -2.37. The number of piperidine rings is 1. The quantitative estimate of drug-likeness (QED) is 0.695. The first-order valence-electron chi connectivity index (χ1n) is 5.22. The van der Waals surface area contributed by atoms with E-state index < -0.39 is 0 Å². The van der Waals surface area contributed by atoms with Gasteiger partial charge >= 0.3 is 0 Å². The lowest BCUT2D eigenvalue weighted by atomic mass is 9.97. The Labute approximate surface area is 88.5 Å². The van der Waals surface area contributed by atoms with Crippen LogP contribution >= 0.6 is 0 Å². The van der Waals surface area contributed by atoms with Crippen LogP contribution in [0, 0.1) is 6.92 Å². The fourth-order valence-corrected chi connectivity index (χ4v) is 1.95. The van der Waals surface area contributed by atoms with E-state index in [1.54, 1.807) is 13.8 Å². The maximum absolute atomic E-state index is 11.2. The lowest BCUT2D eigenvalue weighted by molar-refractivity contribution is -0.130.